The van der Waals surface area contributed by atoms with Gasteiger partial charge in [0.25, 0.3) is 0 Å². The van der Waals surface area contributed by atoms with Crippen LogP contribution < -0.4 is 5.73 Å². The Hall–Kier alpha value is -7.48. The van der Waals surface area contributed by atoms with Gasteiger partial charge >= 0.3 is 0 Å². The summed E-state index contributed by atoms with van der Waals surface area (Å²) >= 11 is 0. The molecule has 59 heavy (non-hydrogen) atoms. The minimum absolute atomic E-state index is 0.239. The summed E-state index contributed by atoms with van der Waals surface area (Å²) in [6.07, 6.45) is 6.65. The lowest BCUT2D eigenvalue weighted by Crippen LogP contribution is -2.28. The van der Waals surface area contributed by atoms with Crippen LogP contribution in [0.25, 0.3) is 38.6 Å². The van der Waals surface area contributed by atoms with E-state index < -0.39 is 5.41 Å². The Morgan fingerprint density at radius 1 is 0.746 bits per heavy atom. The lowest BCUT2D eigenvalue weighted by atomic mass is 9.67. The summed E-state index contributed by atoms with van der Waals surface area (Å²) < 4.78 is 2.42. The van der Waals surface area contributed by atoms with Crippen LogP contribution in [-0.4, -0.2) is 10.3 Å². The van der Waals surface area contributed by atoms with Crippen molar-refractivity contribution in [3.63, 3.8) is 0 Å². The van der Waals surface area contributed by atoms with Crippen LogP contribution in [0.4, 0.5) is 0 Å². The normalized spacial score (nSPS) is 16.0. The fourth-order valence-corrected chi connectivity index (χ4v) is 9.59. The number of fused-ring (bicyclic) bond motifs is 7. The molecule has 2 N–H and O–H groups in total. The fourth-order valence-electron chi connectivity index (χ4n) is 9.59. The number of hydrogen-bond donors (Lipinski definition) is 1. The van der Waals surface area contributed by atoms with E-state index in [0.29, 0.717) is 17.8 Å². The lowest BCUT2D eigenvalue weighted by Gasteiger charge is -2.33. The van der Waals surface area contributed by atoms with Crippen molar-refractivity contribution >= 4 is 27.5 Å². The van der Waals surface area contributed by atoms with Crippen molar-refractivity contribution in [3.8, 4) is 22.9 Å². The second-order valence-corrected chi connectivity index (χ2v) is 15.7. The molecule has 1 heterocycles. The van der Waals surface area contributed by atoms with Gasteiger partial charge in [0.1, 0.15) is 0 Å². The number of nitrogens with zero attached hydrogens (tertiary/aromatic N) is 3. The highest BCUT2D eigenvalue weighted by Crippen LogP contribution is 2.58. The summed E-state index contributed by atoms with van der Waals surface area (Å²) in [7, 11) is 0. The van der Waals surface area contributed by atoms with Gasteiger partial charge in [0.05, 0.1) is 34.8 Å². The Kier molecular flexibility index (Phi) is 9.00. The van der Waals surface area contributed by atoms with Gasteiger partial charge in [-0.3, -0.25) is 4.99 Å². The summed E-state index contributed by atoms with van der Waals surface area (Å²) in [5.74, 6) is 0.239. The van der Waals surface area contributed by atoms with Gasteiger partial charge in [-0.15, -0.1) is 0 Å². The zero-order valence-corrected chi connectivity index (χ0v) is 32.9. The summed E-state index contributed by atoms with van der Waals surface area (Å²) in [6.45, 7) is 2.58. The molecular weight excluding hydrogens is 717 g/mol. The highest BCUT2D eigenvalue weighted by Gasteiger charge is 2.47. The number of rotatable bonds is 8. The lowest BCUT2D eigenvalue weighted by molar-refractivity contribution is 0.706. The molecular formula is C55H42N4. The molecule has 1 aromatic heterocycles. The number of nitrogens with two attached hydrogens (primary N) is 1. The average Bonchev–Trinajstić information content (AvgIpc) is 3.79. The van der Waals surface area contributed by atoms with Crippen LogP contribution in [0.3, 0.4) is 0 Å². The summed E-state index contributed by atoms with van der Waals surface area (Å²) in [4.78, 5) is 5.19. The zero-order valence-electron chi connectivity index (χ0n) is 32.9. The van der Waals surface area contributed by atoms with Gasteiger partial charge in [-0.1, -0.05) is 165 Å². The van der Waals surface area contributed by atoms with E-state index in [2.05, 4.69) is 175 Å². The van der Waals surface area contributed by atoms with Crippen LogP contribution >= 0.6 is 0 Å². The first-order valence-electron chi connectivity index (χ1n) is 20.3. The van der Waals surface area contributed by atoms with Gasteiger partial charge in [0.15, 0.2) is 0 Å². The van der Waals surface area contributed by atoms with Crippen molar-refractivity contribution < 1.29 is 0 Å². The Labute approximate surface area is 345 Å². The van der Waals surface area contributed by atoms with Crippen LogP contribution in [0.5, 0.6) is 0 Å². The quantitative estimate of drug-likeness (QED) is 0.157. The van der Waals surface area contributed by atoms with Crippen LogP contribution in [0.1, 0.15) is 46.7 Å². The molecule has 2 aliphatic rings. The van der Waals surface area contributed by atoms with Crippen LogP contribution in [0.15, 0.2) is 216 Å². The first-order valence-corrected chi connectivity index (χ1v) is 20.3. The van der Waals surface area contributed by atoms with Crippen molar-refractivity contribution in [3.05, 3.63) is 244 Å². The highest BCUT2D eigenvalue weighted by molar-refractivity contribution is 6.18. The molecule has 8 aromatic rings. The molecule has 282 valence electrons. The van der Waals surface area contributed by atoms with Crippen molar-refractivity contribution in [1.29, 1.82) is 5.26 Å². The third kappa shape index (κ3) is 6.02. The molecule has 1 unspecified atom stereocenters. The van der Waals surface area contributed by atoms with Gasteiger partial charge < -0.3 is 10.3 Å². The zero-order chi connectivity index (χ0) is 39.9. The summed E-state index contributed by atoms with van der Waals surface area (Å²) in [5.41, 5.74) is 22.5. The SMILES string of the molecule is CC1C=C(C#N)C=C(C(N)=CC(=NCc2cccc(-n3c4ccccc4c4c5c(ccc43)C(c3ccccc3)(c3ccccc3)c3ccccc3-5)c2)c2ccccc2)C1. The molecule has 1 atom stereocenters. The average molecular weight is 759 g/mol. The standard InChI is InChI=1S/C55H42N4/c1-37-30-39(35-56)32-41(31-37)49(57)34-50(40-17-5-2-6-18-40)58-36-38-16-15-23-44(33-38)59-51-27-14-12-25-46(51)54-52(59)29-28-48-53(54)45-24-11-13-26-47(45)55(48,42-19-7-3-8-20-42)43-21-9-4-10-22-43/h2-30,32-34,37H,31,36,57H2,1H3. The molecule has 0 saturated heterocycles. The molecule has 0 bridgehead atoms. The maximum Gasteiger partial charge on any atom is 0.0988 e. The second-order valence-electron chi connectivity index (χ2n) is 15.7. The first kappa shape index (κ1) is 35.9. The molecule has 0 radical (unpaired) electrons. The van der Waals surface area contributed by atoms with Crippen molar-refractivity contribution in [2.75, 3.05) is 0 Å². The first-order chi connectivity index (χ1) is 29.0. The highest BCUT2D eigenvalue weighted by atomic mass is 15.0. The Morgan fingerprint density at radius 2 is 1.42 bits per heavy atom. The largest absolute Gasteiger partial charge is 0.398 e. The van der Waals surface area contributed by atoms with Gasteiger partial charge in [0.2, 0.25) is 0 Å². The number of allylic oxidation sites excluding steroid dienone is 5. The van der Waals surface area contributed by atoms with Crippen molar-refractivity contribution in [1.82, 2.24) is 4.57 Å². The van der Waals surface area contributed by atoms with Crippen molar-refractivity contribution in [2.24, 2.45) is 16.6 Å². The summed E-state index contributed by atoms with van der Waals surface area (Å²) in [6, 6.07) is 65.7. The van der Waals surface area contributed by atoms with E-state index >= 15 is 0 Å². The number of aliphatic imine (C=N–C) groups is 1. The molecule has 4 nitrogen and oxygen atoms in total. The number of nitriles is 1. The van der Waals surface area contributed by atoms with Crippen molar-refractivity contribution in [2.45, 2.75) is 25.3 Å². The van der Waals surface area contributed by atoms with Gasteiger partial charge in [-0.05, 0) is 98.8 Å². The maximum absolute atomic E-state index is 9.62. The van der Waals surface area contributed by atoms with Crippen LogP contribution in [0.2, 0.25) is 0 Å². The fraction of sp³-hybridized carbons (Fsp3) is 0.0909. The molecule has 0 saturated carbocycles. The molecule has 7 aromatic carbocycles. The summed E-state index contributed by atoms with van der Waals surface area (Å²) in [5, 5.41) is 12.1. The van der Waals surface area contributed by atoms with Crippen LogP contribution in [-0.2, 0) is 12.0 Å². The molecule has 2 aliphatic carbocycles. The Bertz CT molecular complexity index is 3030. The van der Waals surface area contributed by atoms with E-state index in [1.807, 2.05) is 36.4 Å². The van der Waals surface area contributed by atoms with E-state index in [-0.39, 0.29) is 5.92 Å². The van der Waals surface area contributed by atoms with E-state index in [1.54, 1.807) is 0 Å². The monoisotopic (exact) mass is 758 g/mol. The number of para-hydroxylation sites is 1. The second kappa shape index (κ2) is 14.8. The number of hydrogen-bond acceptors (Lipinski definition) is 3. The smallest absolute Gasteiger partial charge is 0.0988 e. The minimum atomic E-state index is -0.474. The minimum Gasteiger partial charge on any atom is -0.398 e. The number of aromatic nitrogens is 1. The third-order valence-electron chi connectivity index (χ3n) is 12.1. The predicted octanol–water partition coefficient (Wildman–Crippen LogP) is 12.4. The van der Waals surface area contributed by atoms with E-state index in [0.717, 1.165) is 40.0 Å². The van der Waals surface area contributed by atoms with E-state index in [1.165, 1.54) is 49.7 Å². The molecule has 0 amide bonds. The predicted molar refractivity (Wildman–Crippen MR) is 243 cm³/mol. The Balaban J connectivity index is 1.12. The van der Waals surface area contributed by atoms with E-state index in [4.69, 9.17) is 10.7 Å². The number of benzene rings is 7. The van der Waals surface area contributed by atoms with Gasteiger partial charge in [-0.25, -0.2) is 0 Å². The van der Waals surface area contributed by atoms with Gasteiger partial charge in [0, 0.05) is 27.7 Å². The molecule has 4 heteroatoms. The third-order valence-corrected chi connectivity index (χ3v) is 12.1. The Morgan fingerprint density at radius 3 is 2.17 bits per heavy atom. The molecule has 0 fully saturated rings. The topological polar surface area (TPSA) is 67.1 Å². The van der Waals surface area contributed by atoms with Gasteiger partial charge in [-0.2, -0.15) is 5.26 Å². The van der Waals surface area contributed by atoms with Crippen LogP contribution in [0, 0.1) is 17.2 Å². The molecule has 0 aliphatic heterocycles. The maximum atomic E-state index is 9.62. The molecule has 0 spiro atoms. The van der Waals surface area contributed by atoms with E-state index in [9.17, 15) is 5.26 Å². The molecule has 10 rings (SSSR count).